The van der Waals surface area contributed by atoms with E-state index in [1.807, 2.05) is 0 Å². The van der Waals surface area contributed by atoms with Crippen molar-refractivity contribution in [1.29, 1.82) is 0 Å². The molecule has 172 valence electrons. The number of aliphatic carboxylic acids is 2. The van der Waals surface area contributed by atoms with E-state index in [0.717, 1.165) is 25.9 Å². The third-order valence-electron chi connectivity index (χ3n) is 4.26. The van der Waals surface area contributed by atoms with Gasteiger partial charge < -0.3 is 25.0 Å². The average Bonchev–Trinajstić information content (AvgIpc) is 2.75. The number of rotatable bonds is 7. The highest BCUT2D eigenvalue weighted by Gasteiger charge is 2.16. The maximum atomic E-state index is 14.0. The predicted molar refractivity (Wildman–Crippen MR) is 118 cm³/mol. The second kappa shape index (κ2) is 12.9. The number of halogens is 3. The lowest BCUT2D eigenvalue weighted by Gasteiger charge is -2.23. The summed E-state index contributed by atoms with van der Waals surface area (Å²) in [6.45, 7) is 2.57. The minimum absolute atomic E-state index is 0.0749. The molecule has 1 saturated heterocycles. The van der Waals surface area contributed by atoms with E-state index >= 15 is 0 Å². The van der Waals surface area contributed by atoms with Crippen LogP contribution in [0.3, 0.4) is 0 Å². The van der Waals surface area contributed by atoms with Crippen molar-refractivity contribution >= 4 is 35.1 Å². The lowest BCUT2D eigenvalue weighted by atomic mass is 10.0. The first-order chi connectivity index (χ1) is 15.2. The van der Waals surface area contributed by atoms with Gasteiger partial charge in [0.1, 0.15) is 0 Å². The summed E-state index contributed by atoms with van der Waals surface area (Å²) < 4.78 is 25.5. The van der Waals surface area contributed by atoms with Gasteiger partial charge in [-0.15, -0.1) is 0 Å². The van der Waals surface area contributed by atoms with Crippen molar-refractivity contribution in [2.24, 2.45) is 5.92 Å². The average molecular weight is 486 g/mol. The molecule has 0 amide bonds. The fraction of sp³-hybridized carbons (Fsp3) is 0.273. The molecule has 1 fully saturated rings. The van der Waals surface area contributed by atoms with Gasteiger partial charge in [0.25, 0.3) is 0 Å². The summed E-state index contributed by atoms with van der Waals surface area (Å²) in [6, 6.07) is 9.33. The zero-order valence-electron chi connectivity index (χ0n) is 16.9. The van der Waals surface area contributed by atoms with E-state index < -0.39 is 17.8 Å². The molecule has 2 aromatic carbocycles. The van der Waals surface area contributed by atoms with Gasteiger partial charge in [0.05, 0.1) is 6.61 Å². The highest BCUT2D eigenvalue weighted by Crippen LogP contribution is 2.36. The number of carboxylic acids is 2. The van der Waals surface area contributed by atoms with E-state index in [1.165, 1.54) is 12.1 Å². The minimum Gasteiger partial charge on any atom is -0.489 e. The van der Waals surface area contributed by atoms with E-state index in [1.54, 1.807) is 24.3 Å². The summed E-state index contributed by atoms with van der Waals surface area (Å²) in [7, 11) is 0. The van der Waals surface area contributed by atoms with Crippen LogP contribution in [0.4, 0.5) is 4.39 Å². The van der Waals surface area contributed by atoms with Gasteiger partial charge in [-0.2, -0.15) is 0 Å². The van der Waals surface area contributed by atoms with Gasteiger partial charge in [-0.1, -0.05) is 23.2 Å². The topological polar surface area (TPSA) is 105 Å². The van der Waals surface area contributed by atoms with Crippen LogP contribution in [-0.4, -0.2) is 41.8 Å². The number of carbonyl (C=O) groups is 2. The Morgan fingerprint density at radius 2 is 1.66 bits per heavy atom. The molecule has 0 unspecified atom stereocenters. The number of carboxylic acid groups (broad SMARTS) is 2. The molecule has 0 aromatic heterocycles. The minimum atomic E-state index is -1.26. The Morgan fingerprint density at radius 3 is 2.22 bits per heavy atom. The maximum Gasteiger partial charge on any atom is 0.328 e. The van der Waals surface area contributed by atoms with Crippen LogP contribution in [0.25, 0.3) is 0 Å². The number of hydrogen-bond acceptors (Lipinski definition) is 5. The molecule has 32 heavy (non-hydrogen) atoms. The molecule has 2 aromatic rings. The number of nitrogens with one attached hydrogen (secondary N) is 1. The van der Waals surface area contributed by atoms with E-state index in [4.69, 9.17) is 42.9 Å². The SMILES string of the molecule is Fc1cc(Cl)ccc1Oc1cc(Cl)ccc1OC[C@H]1CCCNC1.O=C(O)/C=C/C(=O)O. The third-order valence-corrected chi connectivity index (χ3v) is 4.73. The molecule has 1 aliphatic rings. The van der Waals surface area contributed by atoms with Crippen molar-refractivity contribution in [1.82, 2.24) is 5.32 Å². The molecule has 0 spiro atoms. The van der Waals surface area contributed by atoms with Gasteiger partial charge in [0.2, 0.25) is 0 Å². The smallest absolute Gasteiger partial charge is 0.328 e. The molecule has 0 radical (unpaired) electrons. The van der Waals surface area contributed by atoms with Gasteiger partial charge in [0, 0.05) is 40.7 Å². The second-order valence-electron chi connectivity index (χ2n) is 6.80. The van der Waals surface area contributed by atoms with E-state index in [9.17, 15) is 14.0 Å². The largest absolute Gasteiger partial charge is 0.489 e. The summed E-state index contributed by atoms with van der Waals surface area (Å²) in [4.78, 5) is 19.1. The molecule has 1 atom stereocenters. The molecule has 7 nitrogen and oxygen atoms in total. The quantitative estimate of drug-likeness (QED) is 0.473. The molecule has 1 heterocycles. The van der Waals surface area contributed by atoms with Crippen LogP contribution in [0.5, 0.6) is 17.2 Å². The van der Waals surface area contributed by atoms with Gasteiger partial charge in [-0.05, 0) is 49.7 Å². The summed E-state index contributed by atoms with van der Waals surface area (Å²) in [6.07, 6.45) is 3.39. The van der Waals surface area contributed by atoms with Gasteiger partial charge in [0.15, 0.2) is 23.1 Å². The fourth-order valence-electron chi connectivity index (χ4n) is 2.77. The highest BCUT2D eigenvalue weighted by atomic mass is 35.5. The lowest BCUT2D eigenvalue weighted by molar-refractivity contribution is -0.134. The van der Waals surface area contributed by atoms with Crippen LogP contribution >= 0.6 is 23.2 Å². The van der Waals surface area contributed by atoms with Crippen LogP contribution in [-0.2, 0) is 9.59 Å². The van der Waals surface area contributed by atoms with Gasteiger partial charge in [-0.25, -0.2) is 14.0 Å². The standard InChI is InChI=1S/C18H18Cl2FNO2.C4H4O4/c19-13-3-5-16(15(21)8-13)24-18-9-14(20)4-6-17(18)23-11-12-2-1-7-22-10-12;5-3(6)1-2-4(7)8/h3-6,8-9,12,22H,1-2,7,10-11H2;1-2H,(H,5,6)(H,7,8)/b;2-1+/t12-;/m0./s1. The van der Waals surface area contributed by atoms with Crippen LogP contribution < -0.4 is 14.8 Å². The number of piperidine rings is 1. The first kappa shape index (κ1) is 25.5. The van der Waals surface area contributed by atoms with Crippen molar-refractivity contribution in [2.75, 3.05) is 19.7 Å². The predicted octanol–water partition coefficient (Wildman–Crippen LogP) is 5.02. The summed E-state index contributed by atoms with van der Waals surface area (Å²) in [5, 5.41) is 19.8. The Kier molecular flexibility index (Phi) is 10.3. The summed E-state index contributed by atoms with van der Waals surface area (Å²) in [5.41, 5.74) is 0. The Hall–Kier alpha value is -2.81. The Morgan fingerprint density at radius 1 is 1.03 bits per heavy atom. The first-order valence-electron chi connectivity index (χ1n) is 9.64. The van der Waals surface area contributed by atoms with Crippen LogP contribution in [0, 0.1) is 11.7 Å². The number of benzene rings is 2. The van der Waals surface area contributed by atoms with E-state index in [-0.39, 0.29) is 5.75 Å². The molecule has 0 saturated carbocycles. The monoisotopic (exact) mass is 485 g/mol. The first-order valence-corrected chi connectivity index (χ1v) is 10.4. The zero-order chi connectivity index (χ0) is 23.5. The molecule has 3 N–H and O–H groups in total. The van der Waals surface area contributed by atoms with Crippen molar-refractivity contribution < 1.29 is 33.7 Å². The summed E-state index contributed by atoms with van der Waals surface area (Å²) >= 11 is 11.8. The Bertz CT molecular complexity index is 947. The normalized spacial score (nSPS) is 15.5. The highest BCUT2D eigenvalue weighted by molar-refractivity contribution is 6.31. The van der Waals surface area contributed by atoms with Crippen LogP contribution in [0.2, 0.25) is 10.0 Å². The molecule has 0 bridgehead atoms. The van der Waals surface area contributed by atoms with Gasteiger partial charge >= 0.3 is 11.9 Å². The van der Waals surface area contributed by atoms with Crippen molar-refractivity contribution in [3.8, 4) is 17.2 Å². The lowest BCUT2D eigenvalue weighted by Crippen LogP contribution is -2.33. The summed E-state index contributed by atoms with van der Waals surface area (Å²) in [5.74, 6) is -1.60. The molecular weight excluding hydrogens is 464 g/mol. The molecule has 10 heteroatoms. The maximum absolute atomic E-state index is 14.0. The van der Waals surface area contributed by atoms with Crippen molar-refractivity contribution in [2.45, 2.75) is 12.8 Å². The number of hydrogen-bond donors (Lipinski definition) is 3. The van der Waals surface area contributed by atoms with Crippen molar-refractivity contribution in [3.63, 3.8) is 0 Å². The van der Waals surface area contributed by atoms with Crippen molar-refractivity contribution in [3.05, 3.63) is 64.4 Å². The fourth-order valence-corrected chi connectivity index (χ4v) is 3.09. The molecule has 0 aliphatic carbocycles. The second-order valence-corrected chi connectivity index (χ2v) is 7.67. The van der Waals surface area contributed by atoms with E-state index in [0.29, 0.717) is 46.2 Å². The molecular formula is C22H22Cl2FNO6. The van der Waals surface area contributed by atoms with Crippen LogP contribution in [0.15, 0.2) is 48.6 Å². The third kappa shape index (κ3) is 9.13. The van der Waals surface area contributed by atoms with E-state index in [2.05, 4.69) is 5.32 Å². The Balaban J connectivity index is 0.000000390. The molecule has 1 aliphatic heterocycles. The Labute approximate surface area is 194 Å². The van der Waals surface area contributed by atoms with Crippen LogP contribution in [0.1, 0.15) is 12.8 Å². The number of ether oxygens (including phenoxy) is 2. The molecule has 3 rings (SSSR count). The zero-order valence-corrected chi connectivity index (χ0v) is 18.4. The van der Waals surface area contributed by atoms with Gasteiger partial charge in [-0.3, -0.25) is 0 Å².